The Bertz CT molecular complexity index is 948. The number of carbonyl (C=O) groups is 1. The minimum Gasteiger partial charge on any atom is -0.497 e. The van der Waals surface area contributed by atoms with Crippen molar-refractivity contribution < 1.29 is 14.3 Å². The van der Waals surface area contributed by atoms with Crippen LogP contribution in [0.25, 0.3) is 5.69 Å². The van der Waals surface area contributed by atoms with Gasteiger partial charge in [0.15, 0.2) is 0 Å². The molecule has 0 spiro atoms. The maximum Gasteiger partial charge on any atom is 0.254 e. The predicted molar refractivity (Wildman–Crippen MR) is 108 cm³/mol. The van der Waals surface area contributed by atoms with Gasteiger partial charge in [-0.2, -0.15) is 0 Å². The number of carbonyl (C=O) groups excluding carboxylic acids is 1. The van der Waals surface area contributed by atoms with E-state index in [9.17, 15) is 4.79 Å². The van der Waals surface area contributed by atoms with Gasteiger partial charge < -0.3 is 18.9 Å². The Morgan fingerprint density at radius 3 is 2.43 bits per heavy atom. The molecule has 2 heterocycles. The Hall–Kier alpha value is -3.21. The lowest BCUT2D eigenvalue weighted by Crippen LogP contribution is -2.30. The number of rotatable bonds is 5. The first-order valence-electron chi connectivity index (χ1n) is 9.47. The van der Waals surface area contributed by atoms with Crippen molar-refractivity contribution in [3.05, 3.63) is 78.1 Å². The van der Waals surface area contributed by atoms with Crippen molar-refractivity contribution in [1.29, 1.82) is 0 Å². The minimum absolute atomic E-state index is 0.0123. The largest absolute Gasteiger partial charge is 0.497 e. The number of nitrogens with zero attached hydrogens (tertiary/aromatic N) is 2. The molecular weight excluding hydrogens is 352 g/mol. The molecule has 1 atom stereocenters. The molecule has 1 aliphatic heterocycles. The molecule has 2 aromatic carbocycles. The summed E-state index contributed by atoms with van der Waals surface area (Å²) in [7, 11) is 3.31. The van der Waals surface area contributed by atoms with E-state index in [-0.39, 0.29) is 11.9 Å². The summed E-state index contributed by atoms with van der Waals surface area (Å²) in [6.45, 7) is 0.739. The van der Waals surface area contributed by atoms with E-state index in [1.54, 1.807) is 14.2 Å². The van der Waals surface area contributed by atoms with Crippen LogP contribution in [0.3, 0.4) is 0 Å². The number of methoxy groups -OCH3 is 2. The summed E-state index contributed by atoms with van der Waals surface area (Å²) in [5.41, 5.74) is 2.73. The molecule has 0 saturated carbocycles. The molecule has 5 heteroatoms. The van der Waals surface area contributed by atoms with Crippen LogP contribution >= 0.6 is 0 Å². The summed E-state index contributed by atoms with van der Waals surface area (Å²) in [5.74, 6) is 1.60. The molecule has 4 rings (SSSR count). The van der Waals surface area contributed by atoms with Crippen LogP contribution in [-0.4, -0.2) is 36.1 Å². The van der Waals surface area contributed by atoms with Gasteiger partial charge in [-0.25, -0.2) is 0 Å². The lowest BCUT2D eigenvalue weighted by Gasteiger charge is -2.27. The van der Waals surface area contributed by atoms with Crippen molar-refractivity contribution in [1.82, 2.24) is 9.47 Å². The van der Waals surface area contributed by atoms with Gasteiger partial charge >= 0.3 is 0 Å². The van der Waals surface area contributed by atoms with Gasteiger partial charge in [-0.05, 0) is 67.4 Å². The van der Waals surface area contributed by atoms with E-state index < -0.39 is 0 Å². The number of likely N-dealkylation sites (tertiary alicyclic amines) is 1. The first kappa shape index (κ1) is 18.2. The van der Waals surface area contributed by atoms with Gasteiger partial charge in [-0.15, -0.1) is 0 Å². The quantitative estimate of drug-likeness (QED) is 0.660. The summed E-state index contributed by atoms with van der Waals surface area (Å²) >= 11 is 0. The predicted octanol–water partition coefficient (Wildman–Crippen LogP) is 4.47. The Labute approximate surface area is 165 Å². The van der Waals surface area contributed by atoms with Gasteiger partial charge in [0.25, 0.3) is 5.91 Å². The van der Waals surface area contributed by atoms with Gasteiger partial charge in [0.05, 0.1) is 20.3 Å². The monoisotopic (exact) mass is 376 g/mol. The fourth-order valence-electron chi connectivity index (χ4n) is 3.88. The number of ether oxygens (including phenoxy) is 2. The van der Waals surface area contributed by atoms with Gasteiger partial charge in [-0.3, -0.25) is 4.79 Å². The Morgan fingerprint density at radius 1 is 1.00 bits per heavy atom. The normalized spacial score (nSPS) is 16.2. The van der Waals surface area contributed by atoms with Gasteiger partial charge in [-0.1, -0.05) is 0 Å². The molecule has 3 aromatic rings. The SMILES string of the molecule is COc1ccc(OC)c([C@H]2CCCN2C(=O)c2ccc(-n3cccc3)cc2)c1. The average Bonchev–Trinajstić information content (AvgIpc) is 3.45. The molecule has 28 heavy (non-hydrogen) atoms. The number of hydrogen-bond acceptors (Lipinski definition) is 3. The molecule has 0 N–H and O–H groups in total. The second-order valence-electron chi connectivity index (χ2n) is 6.90. The zero-order valence-electron chi connectivity index (χ0n) is 16.2. The van der Waals surface area contributed by atoms with Crippen molar-refractivity contribution >= 4 is 5.91 Å². The molecule has 144 valence electrons. The van der Waals surface area contributed by atoms with Crippen LogP contribution in [0.4, 0.5) is 0 Å². The Morgan fingerprint density at radius 2 is 1.75 bits per heavy atom. The van der Waals surface area contributed by atoms with Gasteiger partial charge in [0.2, 0.25) is 0 Å². The zero-order chi connectivity index (χ0) is 19.5. The molecule has 5 nitrogen and oxygen atoms in total. The van der Waals surface area contributed by atoms with Crippen LogP contribution in [0.1, 0.15) is 34.8 Å². The Kier molecular flexibility index (Phi) is 5.06. The highest BCUT2D eigenvalue weighted by atomic mass is 16.5. The van der Waals surface area contributed by atoms with Crippen LogP contribution in [0.5, 0.6) is 11.5 Å². The van der Waals surface area contributed by atoms with Crippen LogP contribution in [-0.2, 0) is 0 Å². The highest BCUT2D eigenvalue weighted by molar-refractivity contribution is 5.95. The second-order valence-corrected chi connectivity index (χ2v) is 6.90. The topological polar surface area (TPSA) is 43.7 Å². The third kappa shape index (κ3) is 3.36. The van der Waals surface area contributed by atoms with Gasteiger partial charge in [0.1, 0.15) is 11.5 Å². The number of benzene rings is 2. The van der Waals surface area contributed by atoms with Crippen molar-refractivity contribution in [2.24, 2.45) is 0 Å². The summed E-state index contributed by atoms with van der Waals surface area (Å²) in [4.78, 5) is 15.2. The standard InChI is InChI=1S/C23H24N2O3/c1-27-19-11-12-22(28-2)20(16-19)21-6-5-15-25(21)23(26)17-7-9-18(10-8-17)24-13-3-4-14-24/h3-4,7-14,16,21H,5-6,15H2,1-2H3/t21-/m1/s1. The average molecular weight is 376 g/mol. The van der Waals surface area contributed by atoms with E-state index in [1.165, 1.54) is 0 Å². The third-order valence-corrected chi connectivity index (χ3v) is 5.33. The molecule has 0 bridgehead atoms. The van der Waals surface area contributed by atoms with Crippen LogP contribution in [0.2, 0.25) is 0 Å². The molecule has 0 aliphatic carbocycles. The first-order valence-corrected chi connectivity index (χ1v) is 9.47. The summed E-state index contributed by atoms with van der Waals surface area (Å²) in [5, 5.41) is 0. The second kappa shape index (κ2) is 7.80. The van der Waals surface area contributed by atoms with Crippen molar-refractivity contribution in [2.75, 3.05) is 20.8 Å². The van der Waals surface area contributed by atoms with Crippen molar-refractivity contribution in [2.45, 2.75) is 18.9 Å². The van der Waals surface area contributed by atoms with Crippen LogP contribution < -0.4 is 9.47 Å². The number of aromatic nitrogens is 1. The highest BCUT2D eigenvalue weighted by Crippen LogP contribution is 2.39. The lowest BCUT2D eigenvalue weighted by atomic mass is 10.0. The number of hydrogen-bond donors (Lipinski definition) is 0. The van der Waals surface area contributed by atoms with E-state index in [0.29, 0.717) is 5.56 Å². The maximum atomic E-state index is 13.2. The molecule has 1 saturated heterocycles. The lowest BCUT2D eigenvalue weighted by molar-refractivity contribution is 0.0734. The smallest absolute Gasteiger partial charge is 0.254 e. The van der Waals surface area contributed by atoms with E-state index in [4.69, 9.17) is 9.47 Å². The summed E-state index contributed by atoms with van der Waals surface area (Å²) in [6, 6.07) is 17.5. The third-order valence-electron chi connectivity index (χ3n) is 5.33. The Balaban J connectivity index is 1.61. The highest BCUT2D eigenvalue weighted by Gasteiger charge is 2.32. The fourth-order valence-corrected chi connectivity index (χ4v) is 3.88. The molecule has 1 aromatic heterocycles. The molecular formula is C23H24N2O3. The van der Waals surface area contributed by atoms with E-state index in [1.807, 2.05) is 76.5 Å². The molecule has 1 fully saturated rings. The van der Waals surface area contributed by atoms with Crippen molar-refractivity contribution in [3.8, 4) is 17.2 Å². The minimum atomic E-state index is -0.0123. The first-order chi connectivity index (χ1) is 13.7. The van der Waals surface area contributed by atoms with Crippen molar-refractivity contribution in [3.63, 3.8) is 0 Å². The van der Waals surface area contributed by atoms with E-state index in [0.717, 1.165) is 42.1 Å². The molecule has 1 amide bonds. The maximum absolute atomic E-state index is 13.2. The van der Waals surface area contributed by atoms with Gasteiger partial charge in [0, 0.05) is 35.8 Å². The van der Waals surface area contributed by atoms with E-state index in [2.05, 4.69) is 0 Å². The molecule has 0 radical (unpaired) electrons. The van der Waals surface area contributed by atoms with Crippen LogP contribution in [0.15, 0.2) is 67.0 Å². The summed E-state index contributed by atoms with van der Waals surface area (Å²) < 4.78 is 13.0. The molecule has 0 unspecified atom stereocenters. The number of amides is 1. The molecule has 1 aliphatic rings. The summed E-state index contributed by atoms with van der Waals surface area (Å²) in [6.07, 6.45) is 5.86. The van der Waals surface area contributed by atoms with Crippen LogP contribution in [0, 0.1) is 0 Å². The fraction of sp³-hybridized carbons (Fsp3) is 0.261. The zero-order valence-corrected chi connectivity index (χ0v) is 16.2. The van der Waals surface area contributed by atoms with E-state index >= 15 is 0 Å².